The molecule has 0 spiro atoms. The Labute approximate surface area is 124 Å². The molecule has 4 nitrogen and oxygen atoms in total. The predicted octanol–water partition coefficient (Wildman–Crippen LogP) is 2.56. The second kappa shape index (κ2) is 5.95. The summed E-state index contributed by atoms with van der Waals surface area (Å²) in [6.07, 6.45) is 10.5. The van der Waals surface area contributed by atoms with Gasteiger partial charge in [-0.3, -0.25) is 9.36 Å². The van der Waals surface area contributed by atoms with E-state index in [-0.39, 0.29) is 5.56 Å². The molecule has 0 aliphatic carbocycles. The van der Waals surface area contributed by atoms with E-state index in [1.165, 1.54) is 12.8 Å². The summed E-state index contributed by atoms with van der Waals surface area (Å²) in [6, 6.07) is 7.44. The highest BCUT2D eigenvalue weighted by Crippen LogP contribution is 2.09. The molecule has 1 aromatic heterocycles. The molecule has 1 aliphatic rings. The molecule has 2 heterocycles. The second-order valence-electron chi connectivity index (χ2n) is 5.30. The highest BCUT2D eigenvalue weighted by molar-refractivity contribution is 5.78. The minimum absolute atomic E-state index is 0.0104. The maximum atomic E-state index is 12.3. The molecule has 0 bridgehead atoms. The molecule has 0 amide bonds. The molecular weight excluding hydrogens is 262 g/mol. The molecule has 4 heteroatoms. The van der Waals surface area contributed by atoms with E-state index in [4.69, 9.17) is 0 Å². The molecule has 0 unspecified atom stereocenters. The van der Waals surface area contributed by atoms with Crippen molar-refractivity contribution in [2.24, 2.45) is 7.05 Å². The number of allylic oxidation sites excluding steroid dienone is 2. The quantitative estimate of drug-likeness (QED) is 0.812. The van der Waals surface area contributed by atoms with Gasteiger partial charge in [0.2, 0.25) is 0 Å². The van der Waals surface area contributed by atoms with E-state index in [1.807, 2.05) is 42.5 Å². The van der Waals surface area contributed by atoms with E-state index in [9.17, 15) is 4.79 Å². The van der Waals surface area contributed by atoms with Gasteiger partial charge in [-0.1, -0.05) is 18.2 Å². The number of para-hydroxylation sites is 1. The largest absolute Gasteiger partial charge is 0.377 e. The lowest BCUT2D eigenvalue weighted by molar-refractivity contribution is 0.468. The number of nitrogens with zero attached hydrogens (tertiary/aromatic N) is 3. The highest BCUT2D eigenvalue weighted by Gasteiger charge is 2.06. The number of rotatable bonds is 3. The molecule has 0 N–H and O–H groups in total. The van der Waals surface area contributed by atoms with Crippen molar-refractivity contribution in [3.05, 3.63) is 58.8 Å². The van der Waals surface area contributed by atoms with Crippen LogP contribution in [0.15, 0.2) is 47.4 Å². The molecule has 2 aromatic rings. The fraction of sp³-hybridized carbons (Fsp3) is 0.294. The summed E-state index contributed by atoms with van der Waals surface area (Å²) in [5, 5.41) is 0.657. The van der Waals surface area contributed by atoms with Crippen LogP contribution in [0.2, 0.25) is 0 Å². The molecule has 1 aliphatic heterocycles. The van der Waals surface area contributed by atoms with E-state index in [2.05, 4.69) is 16.1 Å². The fourth-order valence-electron chi connectivity index (χ4n) is 2.59. The molecule has 3 rings (SSSR count). The number of hydrogen-bond acceptors (Lipinski definition) is 3. The minimum Gasteiger partial charge on any atom is -0.377 e. The Morgan fingerprint density at radius 1 is 1.14 bits per heavy atom. The molecule has 1 fully saturated rings. The van der Waals surface area contributed by atoms with Crippen molar-refractivity contribution < 1.29 is 0 Å². The zero-order valence-corrected chi connectivity index (χ0v) is 12.2. The van der Waals surface area contributed by atoms with Crippen LogP contribution in [0.4, 0.5) is 0 Å². The Morgan fingerprint density at radius 3 is 2.71 bits per heavy atom. The topological polar surface area (TPSA) is 38.1 Å². The van der Waals surface area contributed by atoms with Crippen LogP contribution in [-0.2, 0) is 7.05 Å². The zero-order valence-electron chi connectivity index (χ0n) is 12.2. The molecule has 21 heavy (non-hydrogen) atoms. The molecular formula is C17H19N3O. The first-order valence-corrected chi connectivity index (χ1v) is 7.30. The third kappa shape index (κ3) is 2.89. The summed E-state index contributed by atoms with van der Waals surface area (Å²) >= 11 is 0. The molecule has 0 atom stereocenters. The summed E-state index contributed by atoms with van der Waals surface area (Å²) in [4.78, 5) is 19.1. The van der Waals surface area contributed by atoms with Gasteiger partial charge in [-0.15, -0.1) is 0 Å². The van der Waals surface area contributed by atoms with E-state index in [1.54, 1.807) is 11.6 Å². The lowest BCUT2D eigenvalue weighted by atomic mass is 10.2. The average Bonchev–Trinajstić information content (AvgIpc) is 3.02. The van der Waals surface area contributed by atoms with Gasteiger partial charge in [-0.25, -0.2) is 4.98 Å². The number of aromatic nitrogens is 2. The lowest BCUT2D eigenvalue weighted by Crippen LogP contribution is -2.20. The number of benzene rings is 1. The van der Waals surface area contributed by atoms with Crippen molar-refractivity contribution in [1.29, 1.82) is 0 Å². The maximum Gasteiger partial charge on any atom is 0.261 e. The van der Waals surface area contributed by atoms with Gasteiger partial charge in [-0.2, -0.15) is 0 Å². The summed E-state index contributed by atoms with van der Waals surface area (Å²) in [5.41, 5.74) is 0.729. The van der Waals surface area contributed by atoms with Crippen LogP contribution >= 0.6 is 0 Å². The predicted molar refractivity (Wildman–Crippen MR) is 86.0 cm³/mol. The number of fused-ring (bicyclic) bond motifs is 1. The van der Waals surface area contributed by atoms with Gasteiger partial charge in [0.25, 0.3) is 5.56 Å². The van der Waals surface area contributed by atoms with Gasteiger partial charge >= 0.3 is 0 Å². The summed E-state index contributed by atoms with van der Waals surface area (Å²) in [6.45, 7) is 2.27. The molecule has 108 valence electrons. The van der Waals surface area contributed by atoms with Gasteiger partial charge in [0.15, 0.2) is 0 Å². The van der Waals surface area contributed by atoms with Gasteiger partial charge in [0.1, 0.15) is 5.82 Å². The SMILES string of the molecule is Cn1c(/C=C/C=C/N2CCCC2)nc2ccccc2c1=O. The fourth-order valence-corrected chi connectivity index (χ4v) is 2.59. The van der Waals surface area contributed by atoms with Crippen LogP contribution < -0.4 is 5.56 Å². The van der Waals surface area contributed by atoms with E-state index >= 15 is 0 Å². The molecule has 0 saturated carbocycles. The van der Waals surface area contributed by atoms with E-state index < -0.39 is 0 Å². The second-order valence-corrected chi connectivity index (χ2v) is 5.30. The maximum absolute atomic E-state index is 12.3. The Kier molecular flexibility index (Phi) is 3.86. The first-order chi connectivity index (χ1) is 10.3. The smallest absolute Gasteiger partial charge is 0.261 e. The van der Waals surface area contributed by atoms with Gasteiger partial charge in [-0.05, 0) is 43.3 Å². The third-order valence-electron chi connectivity index (χ3n) is 3.81. The van der Waals surface area contributed by atoms with Crippen molar-refractivity contribution in [2.75, 3.05) is 13.1 Å². The summed E-state index contributed by atoms with van der Waals surface area (Å²) in [7, 11) is 1.76. The van der Waals surface area contributed by atoms with Crippen molar-refractivity contribution in [1.82, 2.24) is 14.5 Å². The van der Waals surface area contributed by atoms with Crippen LogP contribution in [0.1, 0.15) is 18.7 Å². The van der Waals surface area contributed by atoms with Crippen LogP contribution in [0.5, 0.6) is 0 Å². The van der Waals surface area contributed by atoms with Crippen molar-refractivity contribution >= 4 is 17.0 Å². The van der Waals surface area contributed by atoms with Crippen molar-refractivity contribution in [3.8, 4) is 0 Å². The molecule has 1 saturated heterocycles. The normalized spacial score (nSPS) is 15.8. The van der Waals surface area contributed by atoms with Crippen LogP contribution in [0, 0.1) is 0 Å². The van der Waals surface area contributed by atoms with E-state index in [0.29, 0.717) is 11.2 Å². The van der Waals surface area contributed by atoms with Crippen LogP contribution in [-0.4, -0.2) is 27.5 Å². The Hall–Kier alpha value is -2.36. The minimum atomic E-state index is -0.0104. The van der Waals surface area contributed by atoms with Gasteiger partial charge in [0, 0.05) is 20.1 Å². The zero-order chi connectivity index (χ0) is 14.7. The third-order valence-corrected chi connectivity index (χ3v) is 3.81. The highest BCUT2D eigenvalue weighted by atomic mass is 16.1. The number of hydrogen-bond donors (Lipinski definition) is 0. The Balaban J connectivity index is 1.86. The van der Waals surface area contributed by atoms with Crippen LogP contribution in [0.25, 0.3) is 17.0 Å². The molecule has 1 aromatic carbocycles. The number of likely N-dealkylation sites (tertiary alicyclic amines) is 1. The van der Waals surface area contributed by atoms with Crippen molar-refractivity contribution in [3.63, 3.8) is 0 Å². The standard InChI is InChI=1S/C17H19N3O/c1-19-16(10-4-5-11-20-12-6-7-13-20)18-15-9-3-2-8-14(15)17(19)21/h2-5,8-11H,6-7,12-13H2,1H3/b10-4+,11-5+. The lowest BCUT2D eigenvalue weighted by Gasteiger charge is -2.09. The summed E-state index contributed by atoms with van der Waals surface area (Å²) in [5.74, 6) is 0.671. The van der Waals surface area contributed by atoms with Crippen LogP contribution in [0.3, 0.4) is 0 Å². The average molecular weight is 281 g/mol. The van der Waals surface area contributed by atoms with Gasteiger partial charge in [0.05, 0.1) is 10.9 Å². The Morgan fingerprint density at radius 2 is 1.90 bits per heavy atom. The monoisotopic (exact) mass is 281 g/mol. The molecule has 0 radical (unpaired) electrons. The first-order valence-electron chi connectivity index (χ1n) is 7.30. The van der Waals surface area contributed by atoms with Gasteiger partial charge < -0.3 is 4.90 Å². The Bertz CT molecular complexity index is 752. The summed E-state index contributed by atoms with van der Waals surface area (Å²) < 4.78 is 1.59. The van der Waals surface area contributed by atoms with Crippen molar-refractivity contribution in [2.45, 2.75) is 12.8 Å². The first kappa shape index (κ1) is 13.6. The van der Waals surface area contributed by atoms with E-state index in [0.717, 1.165) is 18.6 Å².